The first-order valence-electron chi connectivity index (χ1n) is 8.95. The van der Waals surface area contributed by atoms with Gasteiger partial charge in [-0.15, -0.1) is 11.3 Å². The Hall–Kier alpha value is -3.65. The third-order valence-corrected chi connectivity index (χ3v) is 5.48. The largest absolute Gasteiger partial charge is 0.493 e. The van der Waals surface area contributed by atoms with Crippen LogP contribution in [-0.2, 0) is 9.59 Å². The van der Waals surface area contributed by atoms with E-state index in [4.69, 9.17) is 9.47 Å². The van der Waals surface area contributed by atoms with Gasteiger partial charge in [-0.05, 0) is 47.8 Å². The summed E-state index contributed by atoms with van der Waals surface area (Å²) in [5.41, 5.74) is 1.25. The third kappa shape index (κ3) is 3.42. The number of nitrogens with zero attached hydrogens (tertiary/aromatic N) is 1. The summed E-state index contributed by atoms with van der Waals surface area (Å²) >= 11 is 1.35. The van der Waals surface area contributed by atoms with E-state index in [0.717, 1.165) is 4.90 Å². The molecule has 1 aromatic heterocycles. The van der Waals surface area contributed by atoms with Crippen LogP contribution in [0.5, 0.6) is 11.5 Å². The zero-order chi connectivity index (χ0) is 21.3. The Morgan fingerprint density at radius 2 is 1.67 bits per heavy atom. The Bertz CT molecular complexity index is 1140. The molecule has 0 atom stereocenters. The van der Waals surface area contributed by atoms with Gasteiger partial charge in [0.15, 0.2) is 11.5 Å². The number of amides is 2. The number of ether oxygens (including phenoxy) is 2. The van der Waals surface area contributed by atoms with Gasteiger partial charge in [-0.3, -0.25) is 9.59 Å². The number of hydrogen-bond acceptors (Lipinski definition) is 6. The summed E-state index contributed by atoms with van der Waals surface area (Å²) in [6, 6.07) is 13.9. The van der Waals surface area contributed by atoms with Gasteiger partial charge < -0.3 is 14.8 Å². The first-order valence-corrected chi connectivity index (χ1v) is 9.83. The van der Waals surface area contributed by atoms with Crippen molar-refractivity contribution in [2.45, 2.75) is 0 Å². The van der Waals surface area contributed by atoms with Gasteiger partial charge in [0.05, 0.1) is 25.5 Å². The van der Waals surface area contributed by atoms with Gasteiger partial charge in [0.1, 0.15) is 11.5 Å². The second kappa shape index (κ2) is 8.00. The number of halogens is 1. The molecule has 2 amide bonds. The first kappa shape index (κ1) is 19.7. The van der Waals surface area contributed by atoms with Crippen LogP contribution >= 0.6 is 11.3 Å². The normalized spacial score (nSPS) is 13.8. The average Bonchev–Trinajstić information content (AvgIpc) is 3.36. The van der Waals surface area contributed by atoms with Crippen molar-refractivity contribution in [1.82, 2.24) is 0 Å². The lowest BCUT2D eigenvalue weighted by molar-refractivity contribution is -0.120. The number of hydrogen-bond donors (Lipinski definition) is 1. The Kier molecular flexibility index (Phi) is 5.24. The highest BCUT2D eigenvalue weighted by atomic mass is 32.1. The van der Waals surface area contributed by atoms with Gasteiger partial charge in [-0.2, -0.15) is 0 Å². The molecular formula is C22H17FN2O4S. The van der Waals surface area contributed by atoms with E-state index in [-0.39, 0.29) is 11.3 Å². The topological polar surface area (TPSA) is 67.9 Å². The molecule has 0 unspecified atom stereocenters. The molecule has 1 aliphatic heterocycles. The molecule has 0 saturated carbocycles. The highest BCUT2D eigenvalue weighted by molar-refractivity contribution is 7.11. The van der Waals surface area contributed by atoms with Gasteiger partial charge in [0, 0.05) is 16.6 Å². The predicted octanol–water partition coefficient (Wildman–Crippen LogP) is 4.30. The highest BCUT2D eigenvalue weighted by Gasteiger charge is 2.40. The predicted molar refractivity (Wildman–Crippen MR) is 113 cm³/mol. The van der Waals surface area contributed by atoms with Crippen LogP contribution in [0.4, 0.5) is 15.8 Å². The molecule has 0 spiro atoms. The Balaban J connectivity index is 1.77. The van der Waals surface area contributed by atoms with Crippen molar-refractivity contribution in [2.75, 3.05) is 24.4 Å². The quantitative estimate of drug-likeness (QED) is 0.598. The van der Waals surface area contributed by atoms with Gasteiger partial charge in [0.25, 0.3) is 11.8 Å². The lowest BCUT2D eigenvalue weighted by Crippen LogP contribution is -2.32. The minimum Gasteiger partial charge on any atom is -0.493 e. The monoisotopic (exact) mass is 424 g/mol. The Morgan fingerprint density at radius 1 is 0.933 bits per heavy atom. The van der Waals surface area contributed by atoms with Crippen molar-refractivity contribution in [3.8, 4) is 11.5 Å². The van der Waals surface area contributed by atoms with Gasteiger partial charge in [-0.1, -0.05) is 6.07 Å². The zero-order valence-corrected chi connectivity index (χ0v) is 17.0. The van der Waals surface area contributed by atoms with E-state index >= 15 is 0 Å². The summed E-state index contributed by atoms with van der Waals surface area (Å²) in [4.78, 5) is 28.1. The number of imide groups is 1. The minimum atomic E-state index is -0.523. The molecule has 1 aliphatic rings. The van der Waals surface area contributed by atoms with Crippen LogP contribution in [-0.4, -0.2) is 26.0 Å². The molecule has 3 aromatic rings. The second-order valence-corrected chi connectivity index (χ2v) is 7.29. The van der Waals surface area contributed by atoms with E-state index in [9.17, 15) is 14.0 Å². The Morgan fingerprint density at radius 3 is 2.30 bits per heavy atom. The van der Waals surface area contributed by atoms with Crippen molar-refractivity contribution in [2.24, 2.45) is 0 Å². The average molecular weight is 424 g/mol. The molecular weight excluding hydrogens is 407 g/mol. The summed E-state index contributed by atoms with van der Waals surface area (Å²) in [5.74, 6) is -0.431. The SMILES string of the molecule is COc1ccc(NC2=C(c3cccs3)C(=O)N(c3ccc(F)cc3)C2=O)cc1OC. The van der Waals surface area contributed by atoms with E-state index in [1.807, 2.05) is 5.38 Å². The molecule has 152 valence electrons. The fourth-order valence-electron chi connectivity index (χ4n) is 3.18. The molecule has 0 aliphatic carbocycles. The number of rotatable bonds is 6. The number of nitrogens with one attached hydrogen (secondary N) is 1. The second-order valence-electron chi connectivity index (χ2n) is 6.34. The number of carbonyl (C=O) groups is 2. The van der Waals surface area contributed by atoms with Crippen molar-refractivity contribution in [3.63, 3.8) is 0 Å². The molecule has 0 saturated heterocycles. The maximum absolute atomic E-state index is 13.3. The molecule has 8 heteroatoms. The number of carbonyl (C=O) groups excluding carboxylic acids is 2. The smallest absolute Gasteiger partial charge is 0.282 e. The van der Waals surface area contributed by atoms with E-state index < -0.39 is 17.6 Å². The van der Waals surface area contributed by atoms with E-state index in [2.05, 4.69) is 5.32 Å². The van der Waals surface area contributed by atoms with Crippen LogP contribution in [0.1, 0.15) is 4.88 Å². The van der Waals surface area contributed by atoms with Gasteiger partial charge >= 0.3 is 0 Å². The number of methoxy groups -OCH3 is 2. The fraction of sp³-hybridized carbons (Fsp3) is 0.0909. The lowest BCUT2D eigenvalue weighted by atomic mass is 10.1. The highest BCUT2D eigenvalue weighted by Crippen LogP contribution is 2.37. The van der Waals surface area contributed by atoms with Gasteiger partial charge in [0.2, 0.25) is 0 Å². The molecule has 6 nitrogen and oxygen atoms in total. The van der Waals surface area contributed by atoms with Crippen molar-refractivity contribution < 1.29 is 23.5 Å². The van der Waals surface area contributed by atoms with E-state index in [1.54, 1.807) is 30.3 Å². The summed E-state index contributed by atoms with van der Waals surface area (Å²) in [5, 5.41) is 4.89. The van der Waals surface area contributed by atoms with Crippen LogP contribution < -0.4 is 19.7 Å². The number of benzene rings is 2. The summed E-state index contributed by atoms with van der Waals surface area (Å²) in [6.07, 6.45) is 0. The van der Waals surface area contributed by atoms with Crippen molar-refractivity contribution in [1.29, 1.82) is 0 Å². The molecule has 2 heterocycles. The first-order chi connectivity index (χ1) is 14.5. The number of anilines is 2. The molecule has 0 radical (unpaired) electrons. The van der Waals surface area contributed by atoms with Gasteiger partial charge in [-0.25, -0.2) is 9.29 Å². The van der Waals surface area contributed by atoms with Crippen molar-refractivity contribution >= 4 is 40.1 Å². The van der Waals surface area contributed by atoms with Crippen LogP contribution in [0, 0.1) is 5.82 Å². The standard InChI is InChI=1S/C22H17FN2O4S/c1-28-16-10-7-14(12-17(16)29-2)24-20-19(18-4-3-11-30-18)21(26)25(22(20)27)15-8-5-13(23)6-9-15/h3-12,24H,1-2H3. The summed E-state index contributed by atoms with van der Waals surface area (Å²) < 4.78 is 23.9. The zero-order valence-electron chi connectivity index (χ0n) is 16.1. The Labute approximate surface area is 176 Å². The molecule has 30 heavy (non-hydrogen) atoms. The molecule has 0 fully saturated rings. The molecule has 1 N–H and O–H groups in total. The summed E-state index contributed by atoms with van der Waals surface area (Å²) in [7, 11) is 3.04. The van der Waals surface area contributed by atoms with E-state index in [0.29, 0.717) is 27.8 Å². The van der Waals surface area contributed by atoms with Crippen LogP contribution in [0.3, 0.4) is 0 Å². The minimum absolute atomic E-state index is 0.138. The molecule has 0 bridgehead atoms. The maximum atomic E-state index is 13.3. The van der Waals surface area contributed by atoms with Crippen LogP contribution in [0.15, 0.2) is 65.7 Å². The number of thiophene rings is 1. The molecule has 2 aromatic carbocycles. The van der Waals surface area contributed by atoms with Crippen LogP contribution in [0.25, 0.3) is 5.57 Å². The van der Waals surface area contributed by atoms with Crippen LogP contribution in [0.2, 0.25) is 0 Å². The fourth-order valence-corrected chi connectivity index (χ4v) is 3.95. The lowest BCUT2D eigenvalue weighted by Gasteiger charge is -2.15. The van der Waals surface area contributed by atoms with Crippen molar-refractivity contribution in [3.05, 3.63) is 76.4 Å². The molecule has 4 rings (SSSR count). The summed E-state index contributed by atoms with van der Waals surface area (Å²) in [6.45, 7) is 0. The third-order valence-electron chi connectivity index (χ3n) is 4.59. The van der Waals surface area contributed by atoms with E-state index in [1.165, 1.54) is 49.8 Å². The maximum Gasteiger partial charge on any atom is 0.282 e.